The average molecular weight is 208 g/mol. The van der Waals surface area contributed by atoms with Crippen LogP contribution in [0.3, 0.4) is 0 Å². The molecule has 0 aliphatic heterocycles. The third-order valence-corrected chi connectivity index (χ3v) is 3.07. The van der Waals surface area contributed by atoms with E-state index in [9.17, 15) is 5.11 Å². The van der Waals surface area contributed by atoms with Gasteiger partial charge in [0.05, 0.1) is 12.7 Å². The van der Waals surface area contributed by atoms with E-state index in [0.29, 0.717) is 6.42 Å². The lowest BCUT2D eigenvalue weighted by Gasteiger charge is -2.32. The Morgan fingerprint density at radius 3 is 2.40 bits per heavy atom. The molecule has 0 saturated carbocycles. The number of aliphatic hydroxyl groups is 1. The van der Waals surface area contributed by atoms with Gasteiger partial charge in [0, 0.05) is 5.56 Å². The van der Waals surface area contributed by atoms with Crippen LogP contribution in [0.1, 0.15) is 32.8 Å². The van der Waals surface area contributed by atoms with E-state index in [1.165, 1.54) is 0 Å². The Morgan fingerprint density at radius 2 is 1.93 bits per heavy atom. The average Bonchev–Trinajstić information content (AvgIpc) is 2.27. The topological polar surface area (TPSA) is 29.5 Å². The van der Waals surface area contributed by atoms with Crippen LogP contribution < -0.4 is 4.74 Å². The summed E-state index contributed by atoms with van der Waals surface area (Å²) in [4.78, 5) is 0. The summed E-state index contributed by atoms with van der Waals surface area (Å²) in [5.74, 6) is 0.925. The first-order valence-corrected chi connectivity index (χ1v) is 5.42. The van der Waals surface area contributed by atoms with Crippen molar-refractivity contribution < 1.29 is 9.84 Å². The van der Waals surface area contributed by atoms with Gasteiger partial charge in [0.15, 0.2) is 0 Å². The zero-order chi connectivity index (χ0) is 11.5. The van der Waals surface area contributed by atoms with Gasteiger partial charge in [-0.25, -0.2) is 0 Å². The quantitative estimate of drug-likeness (QED) is 0.824. The fourth-order valence-corrected chi connectivity index (χ4v) is 1.91. The number of hydrogen-bond donors (Lipinski definition) is 1. The van der Waals surface area contributed by atoms with E-state index in [2.05, 4.69) is 0 Å². The molecule has 0 heterocycles. The van der Waals surface area contributed by atoms with Crippen molar-refractivity contribution >= 4 is 0 Å². The lowest BCUT2D eigenvalue weighted by Crippen LogP contribution is -2.31. The van der Waals surface area contributed by atoms with Gasteiger partial charge in [0.2, 0.25) is 0 Å². The molecule has 1 atom stereocenters. The van der Waals surface area contributed by atoms with Crippen LogP contribution >= 0.6 is 0 Å². The zero-order valence-corrected chi connectivity index (χ0v) is 9.95. The summed E-state index contributed by atoms with van der Waals surface area (Å²) >= 11 is 0. The van der Waals surface area contributed by atoms with E-state index in [-0.39, 0.29) is 5.92 Å². The maximum atomic E-state index is 10.6. The fourth-order valence-electron chi connectivity index (χ4n) is 1.91. The summed E-state index contributed by atoms with van der Waals surface area (Å²) < 4.78 is 5.28. The van der Waals surface area contributed by atoms with Crippen LogP contribution in [0.2, 0.25) is 0 Å². The Hall–Kier alpha value is -1.02. The predicted molar refractivity (Wildman–Crippen MR) is 62.0 cm³/mol. The first kappa shape index (κ1) is 12.1. The molecule has 84 valence electrons. The molecular formula is C13H20O2. The van der Waals surface area contributed by atoms with Crippen LogP contribution in [0.4, 0.5) is 0 Å². The molecule has 1 aromatic rings. The third-order valence-electron chi connectivity index (χ3n) is 3.07. The minimum atomic E-state index is -0.799. The minimum Gasteiger partial charge on any atom is -0.496 e. The van der Waals surface area contributed by atoms with E-state index in [1.54, 1.807) is 7.11 Å². The second kappa shape index (κ2) is 4.67. The molecule has 0 aromatic heterocycles. The standard InChI is InChI=1S/C13H20O2/c1-5-13(14,10(2)3)11-8-6-7-9-12(11)15-4/h6-10,14H,5H2,1-4H3. The van der Waals surface area contributed by atoms with Crippen LogP contribution in [0.25, 0.3) is 0 Å². The molecule has 0 spiro atoms. The first-order valence-electron chi connectivity index (χ1n) is 5.42. The van der Waals surface area contributed by atoms with Crippen LogP contribution in [0.5, 0.6) is 5.75 Å². The Kier molecular flexibility index (Phi) is 3.75. The van der Waals surface area contributed by atoms with Crippen molar-refractivity contribution in [3.05, 3.63) is 29.8 Å². The molecule has 0 saturated heterocycles. The molecule has 0 aliphatic rings. The van der Waals surface area contributed by atoms with E-state index >= 15 is 0 Å². The van der Waals surface area contributed by atoms with Crippen molar-refractivity contribution in [1.29, 1.82) is 0 Å². The van der Waals surface area contributed by atoms with Gasteiger partial charge in [0.25, 0.3) is 0 Å². The maximum Gasteiger partial charge on any atom is 0.124 e. The maximum absolute atomic E-state index is 10.6. The molecular weight excluding hydrogens is 188 g/mol. The van der Waals surface area contributed by atoms with E-state index in [4.69, 9.17) is 4.74 Å². The number of benzene rings is 1. The SMILES string of the molecule is CCC(O)(c1ccccc1OC)C(C)C. The summed E-state index contributed by atoms with van der Waals surface area (Å²) in [6, 6.07) is 7.67. The van der Waals surface area contributed by atoms with Gasteiger partial charge in [-0.1, -0.05) is 39.0 Å². The predicted octanol–water partition coefficient (Wildman–Crippen LogP) is 2.95. The molecule has 0 amide bonds. The normalized spacial score (nSPS) is 15.1. The molecule has 0 bridgehead atoms. The molecule has 2 heteroatoms. The Labute approximate surface area is 91.9 Å². The van der Waals surface area contributed by atoms with Crippen molar-refractivity contribution in [2.24, 2.45) is 5.92 Å². The molecule has 1 N–H and O–H groups in total. The van der Waals surface area contributed by atoms with Crippen molar-refractivity contribution in [3.8, 4) is 5.75 Å². The number of ether oxygens (including phenoxy) is 1. The van der Waals surface area contributed by atoms with Crippen LogP contribution in [-0.2, 0) is 5.60 Å². The molecule has 15 heavy (non-hydrogen) atoms. The fraction of sp³-hybridized carbons (Fsp3) is 0.538. The second-order valence-electron chi connectivity index (χ2n) is 4.13. The first-order chi connectivity index (χ1) is 7.06. The van der Waals surface area contributed by atoms with Gasteiger partial charge in [0.1, 0.15) is 5.75 Å². The highest BCUT2D eigenvalue weighted by molar-refractivity contribution is 5.38. The summed E-state index contributed by atoms with van der Waals surface area (Å²) in [6.07, 6.45) is 0.686. The molecule has 0 aliphatic carbocycles. The zero-order valence-electron chi connectivity index (χ0n) is 9.95. The highest BCUT2D eigenvalue weighted by Gasteiger charge is 2.33. The Morgan fingerprint density at radius 1 is 1.33 bits per heavy atom. The lowest BCUT2D eigenvalue weighted by molar-refractivity contribution is -0.0159. The summed E-state index contributed by atoms with van der Waals surface area (Å²) in [7, 11) is 1.63. The summed E-state index contributed by atoms with van der Waals surface area (Å²) in [6.45, 7) is 6.04. The molecule has 0 radical (unpaired) electrons. The van der Waals surface area contributed by atoms with Crippen molar-refractivity contribution in [2.75, 3.05) is 7.11 Å². The van der Waals surface area contributed by atoms with Gasteiger partial charge in [-0.2, -0.15) is 0 Å². The Balaban J connectivity index is 3.23. The lowest BCUT2D eigenvalue weighted by atomic mass is 9.81. The summed E-state index contributed by atoms with van der Waals surface area (Å²) in [5.41, 5.74) is 0.0806. The number of methoxy groups -OCH3 is 1. The van der Waals surface area contributed by atoms with E-state index in [0.717, 1.165) is 11.3 Å². The highest BCUT2D eigenvalue weighted by atomic mass is 16.5. The van der Waals surface area contributed by atoms with Gasteiger partial charge >= 0.3 is 0 Å². The van der Waals surface area contributed by atoms with Gasteiger partial charge < -0.3 is 9.84 Å². The Bertz CT molecular complexity index is 320. The number of hydrogen-bond acceptors (Lipinski definition) is 2. The molecule has 0 fully saturated rings. The minimum absolute atomic E-state index is 0.166. The molecule has 1 rings (SSSR count). The number of rotatable bonds is 4. The van der Waals surface area contributed by atoms with Crippen LogP contribution in [0, 0.1) is 5.92 Å². The smallest absolute Gasteiger partial charge is 0.124 e. The summed E-state index contributed by atoms with van der Waals surface area (Å²) in [5, 5.41) is 10.6. The second-order valence-corrected chi connectivity index (χ2v) is 4.13. The van der Waals surface area contributed by atoms with Gasteiger partial charge in [-0.3, -0.25) is 0 Å². The molecule has 1 aromatic carbocycles. The van der Waals surface area contributed by atoms with Gasteiger partial charge in [-0.05, 0) is 18.4 Å². The van der Waals surface area contributed by atoms with Crippen molar-refractivity contribution in [1.82, 2.24) is 0 Å². The van der Waals surface area contributed by atoms with E-state index < -0.39 is 5.60 Å². The largest absolute Gasteiger partial charge is 0.496 e. The molecule has 1 unspecified atom stereocenters. The van der Waals surface area contributed by atoms with Crippen LogP contribution in [-0.4, -0.2) is 12.2 Å². The van der Waals surface area contributed by atoms with Crippen molar-refractivity contribution in [2.45, 2.75) is 32.8 Å². The van der Waals surface area contributed by atoms with Crippen LogP contribution in [0.15, 0.2) is 24.3 Å². The highest BCUT2D eigenvalue weighted by Crippen LogP contribution is 2.37. The molecule has 2 nitrogen and oxygen atoms in total. The van der Waals surface area contributed by atoms with Gasteiger partial charge in [-0.15, -0.1) is 0 Å². The van der Waals surface area contributed by atoms with E-state index in [1.807, 2.05) is 45.0 Å². The van der Waals surface area contributed by atoms with Crippen molar-refractivity contribution in [3.63, 3.8) is 0 Å². The number of para-hydroxylation sites is 1. The third kappa shape index (κ3) is 2.15. The monoisotopic (exact) mass is 208 g/mol.